The lowest BCUT2D eigenvalue weighted by atomic mass is 10.0. The Morgan fingerprint density at radius 2 is 1.29 bits per heavy atom. The zero-order valence-electron chi connectivity index (χ0n) is 7.89. The molecule has 1 aromatic carbocycles. The molecule has 0 heterocycles. The average molecular weight is 433 g/mol. The molecule has 1 rings (SSSR count). The summed E-state index contributed by atoms with van der Waals surface area (Å²) in [6.07, 6.45) is -9.60. The molecule has 0 aliphatic rings. The molecule has 0 saturated heterocycles. The highest BCUT2D eigenvalue weighted by Crippen LogP contribution is 2.41. The summed E-state index contributed by atoms with van der Waals surface area (Å²) in [6, 6.07) is 1.40. The van der Waals surface area contributed by atoms with E-state index < -0.39 is 34.4 Å². The lowest BCUT2D eigenvalue weighted by Crippen LogP contribution is -2.16. The second kappa shape index (κ2) is 4.94. The summed E-state index contributed by atoms with van der Waals surface area (Å²) in [5.41, 5.74) is -3.30. The van der Waals surface area contributed by atoms with Crippen LogP contribution in [0.25, 0.3) is 0 Å². The second-order valence-electron chi connectivity index (χ2n) is 3.11. The Morgan fingerprint density at radius 3 is 1.53 bits per heavy atom. The van der Waals surface area contributed by atoms with Crippen molar-refractivity contribution in [2.24, 2.45) is 0 Å². The Labute approximate surface area is 115 Å². The lowest BCUT2D eigenvalue weighted by molar-refractivity contribution is -0.144. The Kier molecular flexibility index (Phi) is 4.38. The van der Waals surface area contributed by atoms with E-state index in [-0.39, 0.29) is 3.57 Å². The summed E-state index contributed by atoms with van der Waals surface area (Å²) in [7, 11) is 0. The third-order valence-corrected chi connectivity index (χ3v) is 3.14. The van der Waals surface area contributed by atoms with Crippen LogP contribution in [0.4, 0.5) is 26.3 Å². The molecule has 17 heavy (non-hydrogen) atoms. The SMILES string of the molecule is FC(F)(F)c1cc(I)cc(C(F)(F)F)c1CBr. The molecule has 0 radical (unpaired) electrons. The largest absolute Gasteiger partial charge is 0.416 e. The molecule has 0 aromatic heterocycles. The molecule has 0 fully saturated rings. The van der Waals surface area contributed by atoms with E-state index in [1.165, 1.54) is 22.6 Å². The van der Waals surface area contributed by atoms with Crippen molar-refractivity contribution < 1.29 is 26.3 Å². The van der Waals surface area contributed by atoms with E-state index in [1.54, 1.807) is 0 Å². The Bertz CT molecular complexity index is 387. The van der Waals surface area contributed by atoms with Gasteiger partial charge < -0.3 is 0 Å². The van der Waals surface area contributed by atoms with Gasteiger partial charge in [-0.05, 0) is 40.3 Å². The summed E-state index contributed by atoms with van der Waals surface area (Å²) in [5.74, 6) is 0. The third-order valence-electron chi connectivity index (χ3n) is 1.96. The van der Waals surface area contributed by atoms with Crippen molar-refractivity contribution in [1.82, 2.24) is 0 Å². The van der Waals surface area contributed by atoms with Gasteiger partial charge in [0.15, 0.2) is 0 Å². The standard InChI is InChI=1S/C9H4BrF6I/c10-3-5-6(8(11,12)13)1-4(17)2-7(5)9(14,15)16/h1-2H,3H2. The molecule has 8 heteroatoms. The summed E-state index contributed by atoms with van der Waals surface area (Å²) >= 11 is 4.10. The number of halogens is 8. The summed E-state index contributed by atoms with van der Waals surface area (Å²) in [6.45, 7) is 0. The Balaban J connectivity index is 3.58. The lowest BCUT2D eigenvalue weighted by Gasteiger charge is -2.17. The molecule has 0 atom stereocenters. The van der Waals surface area contributed by atoms with Crippen LogP contribution in [0.5, 0.6) is 0 Å². The molecular formula is C9H4BrF6I. The van der Waals surface area contributed by atoms with E-state index in [9.17, 15) is 26.3 Å². The van der Waals surface area contributed by atoms with Gasteiger partial charge in [0.1, 0.15) is 0 Å². The van der Waals surface area contributed by atoms with Crippen molar-refractivity contribution in [3.05, 3.63) is 32.4 Å². The van der Waals surface area contributed by atoms with E-state index in [1.807, 2.05) is 0 Å². The molecule has 0 N–H and O–H groups in total. The second-order valence-corrected chi connectivity index (χ2v) is 4.91. The minimum atomic E-state index is -4.80. The summed E-state index contributed by atoms with van der Waals surface area (Å²) in [5, 5.41) is -0.506. The van der Waals surface area contributed by atoms with Gasteiger partial charge in [-0.1, -0.05) is 15.9 Å². The number of rotatable bonds is 1. The van der Waals surface area contributed by atoms with Crippen LogP contribution in [0.1, 0.15) is 16.7 Å². The fraction of sp³-hybridized carbons (Fsp3) is 0.333. The monoisotopic (exact) mass is 432 g/mol. The van der Waals surface area contributed by atoms with Gasteiger partial charge in [-0.2, -0.15) is 26.3 Å². The molecule has 0 aliphatic carbocycles. The van der Waals surface area contributed by atoms with Gasteiger partial charge in [-0.3, -0.25) is 0 Å². The van der Waals surface area contributed by atoms with E-state index in [2.05, 4.69) is 15.9 Å². The van der Waals surface area contributed by atoms with E-state index in [4.69, 9.17) is 0 Å². The quantitative estimate of drug-likeness (QED) is 0.324. The van der Waals surface area contributed by atoms with E-state index in [0.29, 0.717) is 12.1 Å². The highest BCUT2D eigenvalue weighted by molar-refractivity contribution is 14.1. The minimum absolute atomic E-state index is 0.105. The molecule has 0 nitrogen and oxygen atoms in total. The molecule has 96 valence electrons. The Morgan fingerprint density at radius 1 is 0.941 bits per heavy atom. The first-order valence-electron chi connectivity index (χ1n) is 4.10. The Hall–Kier alpha value is 0.01000. The number of hydrogen-bond acceptors (Lipinski definition) is 0. The van der Waals surface area contributed by atoms with Crippen molar-refractivity contribution in [3.63, 3.8) is 0 Å². The van der Waals surface area contributed by atoms with Crippen LogP contribution in [0.2, 0.25) is 0 Å². The fourth-order valence-corrected chi connectivity index (χ4v) is 2.51. The van der Waals surface area contributed by atoms with Crippen molar-refractivity contribution >= 4 is 38.5 Å². The van der Waals surface area contributed by atoms with Gasteiger partial charge in [-0.25, -0.2) is 0 Å². The first-order chi connectivity index (χ1) is 7.57. The zero-order valence-corrected chi connectivity index (χ0v) is 11.6. The molecule has 0 unspecified atom stereocenters. The molecular weight excluding hydrogens is 429 g/mol. The first kappa shape index (κ1) is 15.1. The fourth-order valence-electron chi connectivity index (χ4n) is 1.29. The molecule has 0 bridgehead atoms. The topological polar surface area (TPSA) is 0 Å². The van der Waals surface area contributed by atoms with E-state index >= 15 is 0 Å². The molecule has 0 amide bonds. The van der Waals surface area contributed by atoms with Crippen molar-refractivity contribution in [2.75, 3.05) is 0 Å². The van der Waals surface area contributed by atoms with Crippen LogP contribution in [0.15, 0.2) is 12.1 Å². The molecule has 0 aliphatic heterocycles. The minimum Gasteiger partial charge on any atom is -0.166 e. The third kappa shape index (κ3) is 3.49. The normalized spacial score (nSPS) is 12.9. The van der Waals surface area contributed by atoms with Crippen LogP contribution in [-0.4, -0.2) is 0 Å². The van der Waals surface area contributed by atoms with Gasteiger partial charge >= 0.3 is 12.4 Å². The van der Waals surface area contributed by atoms with Crippen molar-refractivity contribution in [3.8, 4) is 0 Å². The van der Waals surface area contributed by atoms with Gasteiger partial charge in [0.2, 0.25) is 0 Å². The predicted octanol–water partition coefficient (Wildman–Crippen LogP) is 5.22. The highest BCUT2D eigenvalue weighted by Gasteiger charge is 2.40. The van der Waals surface area contributed by atoms with Crippen LogP contribution >= 0.6 is 38.5 Å². The van der Waals surface area contributed by atoms with Gasteiger partial charge in [0.25, 0.3) is 0 Å². The number of alkyl halides is 7. The van der Waals surface area contributed by atoms with Crippen LogP contribution in [-0.2, 0) is 17.7 Å². The van der Waals surface area contributed by atoms with Crippen molar-refractivity contribution in [1.29, 1.82) is 0 Å². The summed E-state index contributed by atoms with van der Waals surface area (Å²) in [4.78, 5) is 0. The summed E-state index contributed by atoms with van der Waals surface area (Å²) < 4.78 is 75.4. The maximum Gasteiger partial charge on any atom is 0.416 e. The zero-order chi connectivity index (χ0) is 13.4. The van der Waals surface area contributed by atoms with Gasteiger partial charge in [0.05, 0.1) is 11.1 Å². The molecule has 0 saturated carbocycles. The van der Waals surface area contributed by atoms with Crippen LogP contribution in [0, 0.1) is 3.57 Å². The molecule has 1 aromatic rings. The van der Waals surface area contributed by atoms with Gasteiger partial charge in [-0.15, -0.1) is 0 Å². The average Bonchev–Trinajstić information content (AvgIpc) is 2.13. The van der Waals surface area contributed by atoms with Gasteiger partial charge in [0, 0.05) is 8.90 Å². The van der Waals surface area contributed by atoms with E-state index in [0.717, 1.165) is 0 Å². The predicted molar refractivity (Wildman–Crippen MR) is 61.8 cm³/mol. The van der Waals surface area contributed by atoms with Crippen LogP contribution < -0.4 is 0 Å². The number of benzene rings is 1. The maximum atomic E-state index is 12.6. The molecule has 0 spiro atoms. The smallest absolute Gasteiger partial charge is 0.166 e. The maximum absolute atomic E-state index is 12.6. The van der Waals surface area contributed by atoms with Crippen molar-refractivity contribution in [2.45, 2.75) is 17.7 Å². The first-order valence-corrected chi connectivity index (χ1v) is 6.30. The highest BCUT2D eigenvalue weighted by atomic mass is 127. The number of hydrogen-bond donors (Lipinski definition) is 0. The van der Waals surface area contributed by atoms with Crippen LogP contribution in [0.3, 0.4) is 0 Å².